The molecule has 5 nitrogen and oxygen atoms in total. The van der Waals surface area contributed by atoms with Crippen molar-refractivity contribution in [2.24, 2.45) is 0 Å². The molecule has 0 atom stereocenters. The van der Waals surface area contributed by atoms with Gasteiger partial charge in [0.05, 0.1) is 18.6 Å². The fraction of sp³-hybridized carbons (Fsp3) is 0.474. The Morgan fingerprint density at radius 1 is 1.25 bits per heavy atom. The minimum absolute atomic E-state index is 0.137. The molecular formula is C19H27N3O2. The van der Waals surface area contributed by atoms with E-state index in [-0.39, 0.29) is 12.3 Å². The smallest absolute Gasteiger partial charge is 0.227 e. The predicted molar refractivity (Wildman–Crippen MR) is 95.8 cm³/mol. The highest BCUT2D eigenvalue weighted by molar-refractivity contribution is 5.91. The maximum absolute atomic E-state index is 12.3. The molecule has 0 unspecified atom stereocenters. The van der Waals surface area contributed by atoms with Crippen LogP contribution >= 0.6 is 0 Å². The molecular weight excluding hydrogens is 302 g/mol. The van der Waals surface area contributed by atoms with Crippen molar-refractivity contribution in [3.63, 3.8) is 0 Å². The molecule has 1 aromatic heterocycles. The topological polar surface area (TPSA) is 67.2 Å². The summed E-state index contributed by atoms with van der Waals surface area (Å²) in [6.45, 7) is 4.71. The van der Waals surface area contributed by atoms with Crippen LogP contribution in [0.15, 0.2) is 42.7 Å². The summed E-state index contributed by atoms with van der Waals surface area (Å²) >= 11 is 0. The summed E-state index contributed by atoms with van der Waals surface area (Å²) < 4.78 is 1.84. The molecule has 0 spiro atoms. The summed E-state index contributed by atoms with van der Waals surface area (Å²) in [6.07, 6.45) is 6.81. The SMILES string of the molecule is CCCC(O)(CCC)CC(=O)Nc1cccc(Cn2cccn2)c1. The zero-order valence-corrected chi connectivity index (χ0v) is 14.5. The highest BCUT2D eigenvalue weighted by Gasteiger charge is 2.28. The number of anilines is 1. The first-order valence-corrected chi connectivity index (χ1v) is 8.63. The Balaban J connectivity index is 1.98. The lowest BCUT2D eigenvalue weighted by molar-refractivity contribution is -0.121. The molecule has 0 radical (unpaired) electrons. The minimum atomic E-state index is -0.903. The maximum atomic E-state index is 12.3. The number of benzene rings is 1. The Morgan fingerprint density at radius 2 is 2.00 bits per heavy atom. The van der Waals surface area contributed by atoms with E-state index >= 15 is 0 Å². The van der Waals surface area contributed by atoms with Gasteiger partial charge in [0.15, 0.2) is 0 Å². The molecule has 24 heavy (non-hydrogen) atoms. The van der Waals surface area contributed by atoms with Crippen LogP contribution in [0.25, 0.3) is 0 Å². The Bertz CT molecular complexity index is 632. The molecule has 2 rings (SSSR count). The van der Waals surface area contributed by atoms with Gasteiger partial charge in [0.2, 0.25) is 5.91 Å². The molecule has 0 saturated heterocycles. The molecule has 1 heterocycles. The lowest BCUT2D eigenvalue weighted by Gasteiger charge is -2.26. The molecule has 0 fully saturated rings. The van der Waals surface area contributed by atoms with E-state index in [9.17, 15) is 9.90 Å². The number of carbonyl (C=O) groups is 1. The summed E-state index contributed by atoms with van der Waals surface area (Å²) in [6, 6.07) is 9.61. The van der Waals surface area contributed by atoms with E-state index in [1.807, 2.05) is 55.1 Å². The van der Waals surface area contributed by atoms with E-state index in [1.54, 1.807) is 6.20 Å². The maximum Gasteiger partial charge on any atom is 0.227 e. The number of amides is 1. The lowest BCUT2D eigenvalue weighted by atomic mass is 9.89. The average molecular weight is 329 g/mol. The van der Waals surface area contributed by atoms with Crippen molar-refractivity contribution in [2.45, 2.75) is 58.1 Å². The summed E-state index contributed by atoms with van der Waals surface area (Å²) in [7, 11) is 0. The Hall–Kier alpha value is -2.14. The van der Waals surface area contributed by atoms with Gasteiger partial charge in [-0.25, -0.2) is 0 Å². The molecule has 0 saturated carbocycles. The highest BCUT2D eigenvalue weighted by Crippen LogP contribution is 2.24. The second-order valence-electron chi connectivity index (χ2n) is 6.35. The fourth-order valence-corrected chi connectivity index (χ4v) is 3.07. The molecule has 130 valence electrons. The van der Waals surface area contributed by atoms with E-state index in [1.165, 1.54) is 0 Å². The van der Waals surface area contributed by atoms with Crippen molar-refractivity contribution >= 4 is 11.6 Å². The van der Waals surface area contributed by atoms with E-state index in [4.69, 9.17) is 0 Å². The van der Waals surface area contributed by atoms with E-state index < -0.39 is 5.60 Å². The van der Waals surface area contributed by atoms with E-state index in [2.05, 4.69) is 10.4 Å². The summed E-state index contributed by atoms with van der Waals surface area (Å²) in [5.74, 6) is -0.143. The van der Waals surface area contributed by atoms with Crippen LogP contribution in [-0.2, 0) is 11.3 Å². The minimum Gasteiger partial charge on any atom is -0.389 e. The third-order valence-corrected chi connectivity index (χ3v) is 4.03. The number of hydrogen-bond donors (Lipinski definition) is 2. The van der Waals surface area contributed by atoms with Gasteiger partial charge in [-0.2, -0.15) is 5.10 Å². The van der Waals surface area contributed by atoms with Gasteiger partial charge in [0.1, 0.15) is 0 Å². The first-order valence-electron chi connectivity index (χ1n) is 8.63. The highest BCUT2D eigenvalue weighted by atomic mass is 16.3. The van der Waals surface area contributed by atoms with Gasteiger partial charge < -0.3 is 10.4 Å². The molecule has 0 bridgehead atoms. The van der Waals surface area contributed by atoms with Gasteiger partial charge in [0, 0.05) is 18.1 Å². The van der Waals surface area contributed by atoms with Crippen LogP contribution in [-0.4, -0.2) is 26.4 Å². The molecule has 0 aliphatic carbocycles. The zero-order chi connectivity index (χ0) is 17.4. The lowest BCUT2D eigenvalue weighted by Crippen LogP contribution is -2.33. The van der Waals surface area contributed by atoms with Crippen molar-refractivity contribution in [2.75, 3.05) is 5.32 Å². The van der Waals surface area contributed by atoms with Gasteiger partial charge in [0.25, 0.3) is 0 Å². The monoisotopic (exact) mass is 329 g/mol. The van der Waals surface area contributed by atoms with Crippen LogP contribution in [0.5, 0.6) is 0 Å². The van der Waals surface area contributed by atoms with Crippen molar-refractivity contribution in [1.82, 2.24) is 9.78 Å². The van der Waals surface area contributed by atoms with Gasteiger partial charge >= 0.3 is 0 Å². The molecule has 1 amide bonds. The van der Waals surface area contributed by atoms with Crippen molar-refractivity contribution in [3.05, 3.63) is 48.3 Å². The van der Waals surface area contributed by atoms with E-state index in [0.29, 0.717) is 19.4 Å². The second-order valence-corrected chi connectivity index (χ2v) is 6.35. The number of carbonyl (C=O) groups excluding carboxylic acids is 1. The Morgan fingerprint density at radius 3 is 2.62 bits per heavy atom. The first-order chi connectivity index (χ1) is 11.5. The second kappa shape index (κ2) is 8.64. The van der Waals surface area contributed by atoms with Crippen LogP contribution in [0.4, 0.5) is 5.69 Å². The van der Waals surface area contributed by atoms with E-state index in [0.717, 1.165) is 24.1 Å². The van der Waals surface area contributed by atoms with Crippen molar-refractivity contribution in [1.29, 1.82) is 0 Å². The average Bonchev–Trinajstić information content (AvgIpc) is 3.00. The van der Waals surface area contributed by atoms with Gasteiger partial charge in [-0.1, -0.05) is 38.8 Å². The summed E-state index contributed by atoms with van der Waals surface area (Å²) in [4.78, 5) is 12.3. The number of nitrogens with zero attached hydrogens (tertiary/aromatic N) is 2. The number of hydrogen-bond acceptors (Lipinski definition) is 3. The van der Waals surface area contributed by atoms with Gasteiger partial charge in [-0.05, 0) is 36.6 Å². The number of aromatic nitrogens is 2. The van der Waals surface area contributed by atoms with Crippen LogP contribution < -0.4 is 5.32 Å². The third kappa shape index (κ3) is 5.49. The first kappa shape index (κ1) is 18.2. The molecule has 0 aliphatic rings. The Kier molecular flexibility index (Phi) is 6.55. The predicted octanol–water partition coefficient (Wildman–Crippen LogP) is 3.59. The third-order valence-electron chi connectivity index (χ3n) is 4.03. The van der Waals surface area contributed by atoms with Gasteiger partial charge in [-0.15, -0.1) is 0 Å². The van der Waals surface area contributed by atoms with Crippen LogP contribution in [0.1, 0.15) is 51.5 Å². The molecule has 5 heteroatoms. The zero-order valence-electron chi connectivity index (χ0n) is 14.5. The number of nitrogens with one attached hydrogen (secondary N) is 1. The molecule has 0 aliphatic heterocycles. The fourth-order valence-electron chi connectivity index (χ4n) is 3.07. The molecule has 2 aromatic rings. The largest absolute Gasteiger partial charge is 0.389 e. The van der Waals surface area contributed by atoms with Crippen LogP contribution in [0.3, 0.4) is 0 Å². The van der Waals surface area contributed by atoms with Gasteiger partial charge in [-0.3, -0.25) is 9.48 Å². The quantitative estimate of drug-likeness (QED) is 0.739. The normalized spacial score (nSPS) is 11.5. The van der Waals surface area contributed by atoms with Crippen molar-refractivity contribution < 1.29 is 9.90 Å². The van der Waals surface area contributed by atoms with Crippen molar-refractivity contribution in [3.8, 4) is 0 Å². The summed E-state index contributed by atoms with van der Waals surface area (Å²) in [5, 5.41) is 17.7. The molecule has 2 N–H and O–H groups in total. The number of rotatable bonds is 9. The molecule has 1 aromatic carbocycles. The Labute approximate surface area is 143 Å². The van der Waals surface area contributed by atoms with Crippen LogP contribution in [0.2, 0.25) is 0 Å². The number of aliphatic hydroxyl groups is 1. The summed E-state index contributed by atoms with van der Waals surface area (Å²) in [5.41, 5.74) is 0.911. The van der Waals surface area contributed by atoms with Crippen LogP contribution in [0, 0.1) is 0 Å². The standard InChI is InChI=1S/C19H27N3O2/c1-3-9-19(24,10-4-2)14-18(23)21-17-8-5-7-16(13-17)15-22-12-6-11-20-22/h5-8,11-13,24H,3-4,9-10,14-15H2,1-2H3,(H,21,23).